The topological polar surface area (TPSA) is 78.3 Å². The molecule has 0 aromatic heterocycles. The van der Waals surface area contributed by atoms with E-state index in [4.69, 9.17) is 11.5 Å². The minimum Gasteiger partial charge on any atom is -0.448 e. The average Bonchev–Trinajstić information content (AvgIpc) is 2.19. The number of carbonyl (C=O) groups excluding carboxylic acids is 1. The molecule has 1 unspecified atom stereocenters. The Morgan fingerprint density at radius 1 is 1.40 bits per heavy atom. The summed E-state index contributed by atoms with van der Waals surface area (Å²) in [5, 5.41) is 0. The van der Waals surface area contributed by atoms with Crippen molar-refractivity contribution < 1.29 is 13.9 Å². The monoisotopic (exact) mass is 212 g/mol. The lowest BCUT2D eigenvalue weighted by Gasteiger charge is -2.10. The fourth-order valence-electron chi connectivity index (χ4n) is 1.17. The molecule has 0 radical (unpaired) electrons. The molecule has 0 saturated heterocycles. The normalized spacial score (nSPS) is 12.1. The zero-order valence-corrected chi connectivity index (χ0v) is 8.15. The summed E-state index contributed by atoms with van der Waals surface area (Å²) >= 11 is 0. The maximum atomic E-state index is 12.6. The largest absolute Gasteiger partial charge is 0.448 e. The van der Waals surface area contributed by atoms with Crippen molar-refractivity contribution in [3.05, 3.63) is 35.6 Å². The van der Waals surface area contributed by atoms with Gasteiger partial charge in [-0.15, -0.1) is 0 Å². The average molecular weight is 212 g/mol. The minimum atomic E-state index is -0.843. The first kappa shape index (κ1) is 11.5. The fraction of sp³-hybridized carbons (Fsp3) is 0.300. The van der Waals surface area contributed by atoms with Crippen LogP contribution in [0.2, 0.25) is 0 Å². The van der Waals surface area contributed by atoms with Gasteiger partial charge in [0.1, 0.15) is 12.4 Å². The summed E-state index contributed by atoms with van der Waals surface area (Å²) in [5.41, 5.74) is 11.3. The molecule has 0 fully saturated rings. The third-order valence-electron chi connectivity index (χ3n) is 1.85. The first-order chi connectivity index (χ1) is 7.08. The molecule has 1 aromatic rings. The lowest BCUT2D eigenvalue weighted by Crippen LogP contribution is -2.31. The second-order valence-corrected chi connectivity index (χ2v) is 3.22. The van der Waals surface area contributed by atoms with E-state index in [1.165, 1.54) is 12.1 Å². The lowest BCUT2D eigenvalue weighted by atomic mass is 10.1. The van der Waals surface area contributed by atoms with Crippen LogP contribution in [0.25, 0.3) is 0 Å². The van der Waals surface area contributed by atoms with E-state index in [-0.39, 0.29) is 18.5 Å². The van der Waals surface area contributed by atoms with Gasteiger partial charge in [0.05, 0.1) is 0 Å². The number of halogens is 1. The highest BCUT2D eigenvalue weighted by Gasteiger charge is 2.06. The summed E-state index contributed by atoms with van der Waals surface area (Å²) in [7, 11) is 0. The maximum absolute atomic E-state index is 12.6. The number of hydrogen-bond donors (Lipinski definition) is 2. The Hall–Kier alpha value is -1.62. The Balaban J connectivity index is 2.40. The van der Waals surface area contributed by atoms with Crippen molar-refractivity contribution in [3.63, 3.8) is 0 Å². The molecule has 82 valence electrons. The van der Waals surface area contributed by atoms with Crippen molar-refractivity contribution in [1.82, 2.24) is 0 Å². The molecule has 0 aliphatic carbocycles. The molecule has 1 rings (SSSR count). The van der Waals surface area contributed by atoms with Crippen LogP contribution in [0.1, 0.15) is 5.56 Å². The molecule has 15 heavy (non-hydrogen) atoms. The predicted octanol–water partition coefficient (Wildman–Crippen LogP) is 0.791. The van der Waals surface area contributed by atoms with Gasteiger partial charge in [-0.3, -0.25) is 0 Å². The van der Waals surface area contributed by atoms with Crippen LogP contribution < -0.4 is 11.5 Å². The van der Waals surface area contributed by atoms with Gasteiger partial charge in [0.2, 0.25) is 0 Å². The van der Waals surface area contributed by atoms with Crippen molar-refractivity contribution in [1.29, 1.82) is 0 Å². The minimum absolute atomic E-state index is 0.0622. The Bertz CT molecular complexity index is 327. The Morgan fingerprint density at radius 3 is 2.53 bits per heavy atom. The molecule has 0 bridgehead atoms. The van der Waals surface area contributed by atoms with Gasteiger partial charge in [0, 0.05) is 6.04 Å². The number of ether oxygens (including phenoxy) is 1. The Labute approximate surface area is 87.0 Å². The molecule has 0 spiro atoms. The van der Waals surface area contributed by atoms with Crippen molar-refractivity contribution in [2.24, 2.45) is 11.5 Å². The van der Waals surface area contributed by atoms with Crippen LogP contribution in [0.4, 0.5) is 9.18 Å². The SMILES string of the molecule is NC(=O)OCC(N)Cc1ccc(F)cc1. The van der Waals surface area contributed by atoms with Crippen LogP contribution in [-0.4, -0.2) is 18.7 Å². The lowest BCUT2D eigenvalue weighted by molar-refractivity contribution is 0.149. The zero-order valence-electron chi connectivity index (χ0n) is 8.15. The molecular formula is C10H13FN2O2. The molecule has 0 saturated carbocycles. The van der Waals surface area contributed by atoms with Crippen molar-refractivity contribution >= 4 is 6.09 Å². The fourth-order valence-corrected chi connectivity index (χ4v) is 1.17. The van der Waals surface area contributed by atoms with Crippen LogP contribution >= 0.6 is 0 Å². The highest BCUT2D eigenvalue weighted by molar-refractivity contribution is 5.64. The number of amides is 1. The third-order valence-corrected chi connectivity index (χ3v) is 1.85. The Kier molecular flexibility index (Phi) is 4.05. The molecule has 1 aromatic carbocycles. The summed E-state index contributed by atoms with van der Waals surface area (Å²) < 4.78 is 17.1. The first-order valence-electron chi connectivity index (χ1n) is 4.50. The molecular weight excluding hydrogens is 199 g/mol. The van der Waals surface area contributed by atoms with E-state index in [9.17, 15) is 9.18 Å². The van der Waals surface area contributed by atoms with Crippen molar-refractivity contribution in [3.8, 4) is 0 Å². The number of nitrogens with two attached hydrogens (primary N) is 2. The van der Waals surface area contributed by atoms with Gasteiger partial charge in [0.15, 0.2) is 0 Å². The summed E-state index contributed by atoms with van der Waals surface area (Å²) in [6.07, 6.45) is -0.336. The van der Waals surface area contributed by atoms with Gasteiger partial charge in [-0.05, 0) is 24.1 Å². The molecule has 1 atom stereocenters. The molecule has 5 heteroatoms. The zero-order chi connectivity index (χ0) is 11.3. The number of rotatable bonds is 4. The van der Waals surface area contributed by atoms with Gasteiger partial charge in [-0.25, -0.2) is 9.18 Å². The van der Waals surface area contributed by atoms with Crippen molar-refractivity contribution in [2.45, 2.75) is 12.5 Å². The summed E-state index contributed by atoms with van der Waals surface area (Å²) in [6, 6.07) is 5.66. The molecule has 4 N–H and O–H groups in total. The number of primary amides is 1. The van der Waals surface area contributed by atoms with Crippen LogP contribution in [-0.2, 0) is 11.2 Å². The number of hydrogen-bond acceptors (Lipinski definition) is 3. The standard InChI is InChI=1S/C10H13FN2O2/c11-8-3-1-7(2-4-8)5-9(12)6-15-10(13)14/h1-4,9H,5-6,12H2,(H2,13,14). The van der Waals surface area contributed by atoms with Gasteiger partial charge in [-0.1, -0.05) is 12.1 Å². The van der Waals surface area contributed by atoms with E-state index in [1.807, 2.05) is 0 Å². The van der Waals surface area contributed by atoms with Gasteiger partial charge in [-0.2, -0.15) is 0 Å². The van der Waals surface area contributed by atoms with Gasteiger partial charge < -0.3 is 16.2 Å². The van der Waals surface area contributed by atoms with Crippen LogP contribution in [0.3, 0.4) is 0 Å². The van der Waals surface area contributed by atoms with Gasteiger partial charge >= 0.3 is 6.09 Å². The second kappa shape index (κ2) is 5.31. The summed E-state index contributed by atoms with van der Waals surface area (Å²) in [6.45, 7) is 0.0622. The maximum Gasteiger partial charge on any atom is 0.404 e. The van der Waals surface area contributed by atoms with E-state index >= 15 is 0 Å². The van der Waals surface area contributed by atoms with E-state index in [1.54, 1.807) is 12.1 Å². The summed E-state index contributed by atoms with van der Waals surface area (Å²) in [5.74, 6) is -0.291. The van der Waals surface area contributed by atoms with E-state index in [2.05, 4.69) is 4.74 Å². The molecule has 0 aliphatic rings. The molecule has 4 nitrogen and oxygen atoms in total. The quantitative estimate of drug-likeness (QED) is 0.774. The van der Waals surface area contributed by atoms with Crippen LogP contribution in [0.15, 0.2) is 24.3 Å². The molecule has 1 amide bonds. The highest BCUT2D eigenvalue weighted by Crippen LogP contribution is 2.05. The molecule has 0 aliphatic heterocycles. The second-order valence-electron chi connectivity index (χ2n) is 3.22. The Morgan fingerprint density at radius 2 is 2.00 bits per heavy atom. The van der Waals surface area contributed by atoms with Crippen LogP contribution in [0, 0.1) is 5.82 Å². The van der Waals surface area contributed by atoms with Crippen LogP contribution in [0.5, 0.6) is 0 Å². The van der Waals surface area contributed by atoms with E-state index in [0.29, 0.717) is 6.42 Å². The third kappa shape index (κ3) is 4.42. The summed E-state index contributed by atoms with van der Waals surface area (Å²) in [4.78, 5) is 10.3. The van der Waals surface area contributed by atoms with Gasteiger partial charge in [0.25, 0.3) is 0 Å². The first-order valence-corrected chi connectivity index (χ1v) is 4.50. The molecule has 0 heterocycles. The van der Waals surface area contributed by atoms with E-state index in [0.717, 1.165) is 5.56 Å². The highest BCUT2D eigenvalue weighted by atomic mass is 19.1. The van der Waals surface area contributed by atoms with Crippen molar-refractivity contribution in [2.75, 3.05) is 6.61 Å². The smallest absolute Gasteiger partial charge is 0.404 e. The number of benzene rings is 1. The predicted molar refractivity (Wildman–Crippen MR) is 53.6 cm³/mol. The van der Waals surface area contributed by atoms with E-state index < -0.39 is 6.09 Å². The number of carbonyl (C=O) groups is 1.